The van der Waals surface area contributed by atoms with E-state index in [1.165, 1.54) is 0 Å². The van der Waals surface area contributed by atoms with E-state index in [4.69, 9.17) is 4.74 Å². The summed E-state index contributed by atoms with van der Waals surface area (Å²) < 4.78 is 5.53. The van der Waals surface area contributed by atoms with Crippen LogP contribution < -0.4 is 15.0 Å². The van der Waals surface area contributed by atoms with Gasteiger partial charge in [0.25, 0.3) is 0 Å². The minimum atomic E-state index is -0.0848. The molecule has 1 aromatic carbocycles. The van der Waals surface area contributed by atoms with Crippen LogP contribution in [0.5, 0.6) is 5.75 Å². The molecule has 7 heteroatoms. The van der Waals surface area contributed by atoms with Crippen LogP contribution >= 0.6 is 0 Å². The van der Waals surface area contributed by atoms with Crippen molar-refractivity contribution in [3.8, 4) is 5.75 Å². The first kappa shape index (κ1) is 18.0. The second-order valence-electron chi connectivity index (χ2n) is 6.20. The molecular weight excluding hydrogens is 330 g/mol. The Morgan fingerprint density at radius 2 is 1.92 bits per heavy atom. The number of hydrogen-bond donors (Lipinski definition) is 1. The smallest absolute Gasteiger partial charge is 0.317 e. The second kappa shape index (κ2) is 8.51. The fraction of sp³-hybridized carbons (Fsp3) is 0.421. The van der Waals surface area contributed by atoms with E-state index in [1.807, 2.05) is 43.0 Å². The molecule has 1 fully saturated rings. The monoisotopic (exact) mass is 355 g/mol. The Labute approximate surface area is 154 Å². The lowest BCUT2D eigenvalue weighted by Gasteiger charge is -2.35. The maximum atomic E-state index is 12.6. The minimum absolute atomic E-state index is 0.0482. The van der Waals surface area contributed by atoms with Gasteiger partial charge in [-0.05, 0) is 37.6 Å². The summed E-state index contributed by atoms with van der Waals surface area (Å²) in [4.78, 5) is 25.0. The van der Waals surface area contributed by atoms with E-state index >= 15 is 0 Å². The molecule has 2 heterocycles. The van der Waals surface area contributed by atoms with Crippen molar-refractivity contribution in [1.29, 1.82) is 0 Å². The molecule has 3 rings (SSSR count). The number of hydrogen-bond acceptors (Lipinski definition) is 5. The highest BCUT2D eigenvalue weighted by Crippen LogP contribution is 2.19. The number of urea groups is 1. The summed E-state index contributed by atoms with van der Waals surface area (Å²) in [6.07, 6.45) is 3.47. The van der Waals surface area contributed by atoms with Gasteiger partial charge < -0.3 is 19.9 Å². The van der Waals surface area contributed by atoms with E-state index in [0.717, 1.165) is 24.4 Å². The fourth-order valence-corrected chi connectivity index (χ4v) is 2.96. The fourth-order valence-electron chi connectivity index (χ4n) is 2.96. The van der Waals surface area contributed by atoms with E-state index in [0.29, 0.717) is 25.6 Å². The summed E-state index contributed by atoms with van der Waals surface area (Å²) in [7, 11) is 0. The lowest BCUT2D eigenvalue weighted by molar-refractivity contribution is 0.191. The number of anilines is 1. The van der Waals surface area contributed by atoms with Crippen molar-refractivity contribution >= 4 is 12.0 Å². The normalized spacial score (nSPS) is 15.5. The Kier molecular flexibility index (Phi) is 5.88. The first-order valence-electron chi connectivity index (χ1n) is 8.97. The van der Waals surface area contributed by atoms with Gasteiger partial charge in [0.05, 0.1) is 12.6 Å². The van der Waals surface area contributed by atoms with Crippen molar-refractivity contribution in [2.75, 3.05) is 37.7 Å². The Hall–Kier alpha value is -2.83. The van der Waals surface area contributed by atoms with E-state index in [1.54, 1.807) is 18.5 Å². The van der Waals surface area contributed by atoms with E-state index in [2.05, 4.69) is 20.2 Å². The average Bonchev–Trinajstić information content (AvgIpc) is 2.69. The molecule has 0 spiro atoms. The number of carbonyl (C=O) groups excluding carboxylic acids is 1. The Balaban J connectivity index is 1.53. The molecule has 0 bridgehead atoms. The van der Waals surface area contributed by atoms with Crippen LogP contribution in [0.3, 0.4) is 0 Å². The van der Waals surface area contributed by atoms with Gasteiger partial charge in [0.2, 0.25) is 5.95 Å². The van der Waals surface area contributed by atoms with Gasteiger partial charge in [0, 0.05) is 38.6 Å². The number of benzene rings is 1. The quantitative estimate of drug-likeness (QED) is 0.892. The van der Waals surface area contributed by atoms with E-state index < -0.39 is 0 Å². The molecule has 0 radical (unpaired) electrons. The SMILES string of the molecule is CCOc1cccc(C(C)NC(=O)N2CCN(c3ncccn3)CC2)c1. The van der Waals surface area contributed by atoms with Gasteiger partial charge in [0.15, 0.2) is 0 Å². The van der Waals surface area contributed by atoms with Gasteiger partial charge in [-0.25, -0.2) is 14.8 Å². The summed E-state index contributed by atoms with van der Waals surface area (Å²) in [5, 5.41) is 3.07. The lowest BCUT2D eigenvalue weighted by Crippen LogP contribution is -2.52. The van der Waals surface area contributed by atoms with Gasteiger partial charge in [-0.2, -0.15) is 0 Å². The van der Waals surface area contributed by atoms with Crippen molar-refractivity contribution in [3.05, 3.63) is 48.3 Å². The summed E-state index contributed by atoms with van der Waals surface area (Å²) >= 11 is 0. The third kappa shape index (κ3) is 4.41. The predicted octanol–water partition coefficient (Wildman–Crippen LogP) is 2.47. The number of aromatic nitrogens is 2. The molecule has 26 heavy (non-hydrogen) atoms. The highest BCUT2D eigenvalue weighted by Gasteiger charge is 2.23. The first-order chi connectivity index (χ1) is 12.7. The zero-order valence-corrected chi connectivity index (χ0v) is 15.3. The summed E-state index contributed by atoms with van der Waals surface area (Å²) in [5.41, 5.74) is 1.03. The van der Waals surface area contributed by atoms with Crippen LogP contribution in [-0.4, -0.2) is 53.7 Å². The average molecular weight is 355 g/mol. The first-order valence-corrected chi connectivity index (χ1v) is 8.97. The summed E-state index contributed by atoms with van der Waals surface area (Å²) in [6, 6.07) is 9.51. The largest absolute Gasteiger partial charge is 0.494 e. The van der Waals surface area contributed by atoms with Crippen LogP contribution in [0.4, 0.5) is 10.7 Å². The number of carbonyl (C=O) groups is 1. The molecule has 1 aliphatic heterocycles. The predicted molar refractivity (Wildman–Crippen MR) is 100 cm³/mol. The van der Waals surface area contributed by atoms with Gasteiger partial charge in [-0.3, -0.25) is 0 Å². The molecule has 0 saturated carbocycles. The van der Waals surface area contributed by atoms with Crippen molar-refractivity contribution in [3.63, 3.8) is 0 Å². The molecule has 2 aromatic rings. The molecule has 138 valence electrons. The number of nitrogens with one attached hydrogen (secondary N) is 1. The summed E-state index contributed by atoms with van der Waals surface area (Å²) in [5.74, 6) is 1.54. The van der Waals surface area contributed by atoms with Crippen LogP contribution in [0.15, 0.2) is 42.7 Å². The van der Waals surface area contributed by atoms with Crippen LogP contribution in [0.2, 0.25) is 0 Å². The Morgan fingerprint density at radius 1 is 1.19 bits per heavy atom. The highest BCUT2D eigenvalue weighted by molar-refractivity contribution is 5.75. The maximum Gasteiger partial charge on any atom is 0.317 e. The lowest BCUT2D eigenvalue weighted by atomic mass is 10.1. The third-order valence-electron chi connectivity index (χ3n) is 4.41. The molecule has 7 nitrogen and oxygen atoms in total. The number of rotatable bonds is 5. The molecule has 1 atom stereocenters. The zero-order chi connectivity index (χ0) is 18.4. The van der Waals surface area contributed by atoms with Crippen molar-refractivity contribution in [1.82, 2.24) is 20.2 Å². The minimum Gasteiger partial charge on any atom is -0.494 e. The molecular formula is C19H25N5O2. The number of piperazine rings is 1. The Morgan fingerprint density at radius 3 is 2.62 bits per heavy atom. The topological polar surface area (TPSA) is 70.6 Å². The van der Waals surface area contributed by atoms with E-state index in [-0.39, 0.29) is 12.1 Å². The number of nitrogens with zero attached hydrogens (tertiary/aromatic N) is 4. The molecule has 1 unspecified atom stereocenters. The number of amides is 2. The van der Waals surface area contributed by atoms with Crippen LogP contribution in [0, 0.1) is 0 Å². The van der Waals surface area contributed by atoms with Gasteiger partial charge in [0.1, 0.15) is 5.75 Å². The van der Waals surface area contributed by atoms with Crippen molar-refractivity contribution in [2.45, 2.75) is 19.9 Å². The third-order valence-corrected chi connectivity index (χ3v) is 4.41. The van der Waals surface area contributed by atoms with Crippen LogP contribution in [0.25, 0.3) is 0 Å². The molecule has 1 aromatic heterocycles. The molecule has 1 N–H and O–H groups in total. The zero-order valence-electron chi connectivity index (χ0n) is 15.3. The van der Waals surface area contributed by atoms with Gasteiger partial charge in [-0.15, -0.1) is 0 Å². The van der Waals surface area contributed by atoms with E-state index in [9.17, 15) is 4.79 Å². The standard InChI is InChI=1S/C19H25N5O2/c1-3-26-17-7-4-6-16(14-17)15(2)22-19(25)24-12-10-23(11-13-24)18-20-8-5-9-21-18/h4-9,14-15H,3,10-13H2,1-2H3,(H,22,25). The van der Waals surface area contributed by atoms with Crippen LogP contribution in [-0.2, 0) is 0 Å². The summed E-state index contributed by atoms with van der Waals surface area (Å²) in [6.45, 7) is 7.32. The highest BCUT2D eigenvalue weighted by atomic mass is 16.5. The second-order valence-corrected chi connectivity index (χ2v) is 6.20. The Bertz CT molecular complexity index is 717. The van der Waals surface area contributed by atoms with Crippen molar-refractivity contribution in [2.24, 2.45) is 0 Å². The van der Waals surface area contributed by atoms with Gasteiger partial charge in [-0.1, -0.05) is 12.1 Å². The van der Waals surface area contributed by atoms with Crippen LogP contribution in [0.1, 0.15) is 25.5 Å². The number of ether oxygens (including phenoxy) is 1. The van der Waals surface area contributed by atoms with Crippen molar-refractivity contribution < 1.29 is 9.53 Å². The maximum absolute atomic E-state index is 12.6. The molecule has 1 saturated heterocycles. The molecule has 0 aliphatic carbocycles. The molecule has 2 amide bonds. The van der Waals surface area contributed by atoms with Gasteiger partial charge >= 0.3 is 6.03 Å². The molecule has 1 aliphatic rings.